The van der Waals surface area contributed by atoms with Gasteiger partial charge < -0.3 is 16.2 Å². The summed E-state index contributed by atoms with van der Waals surface area (Å²) in [5.41, 5.74) is 8.26. The van der Waals surface area contributed by atoms with E-state index in [1.54, 1.807) is 24.3 Å². The number of nitrogen functional groups attached to an aromatic ring is 1. The molecule has 0 bridgehead atoms. The number of hydrogen-bond donors (Lipinski definition) is 3. The van der Waals surface area contributed by atoms with Gasteiger partial charge in [0.15, 0.2) is 0 Å². The van der Waals surface area contributed by atoms with Gasteiger partial charge in [-0.3, -0.25) is 4.79 Å². The van der Waals surface area contributed by atoms with E-state index in [2.05, 4.69) is 5.32 Å². The molecule has 0 heterocycles. The number of phenolic OH excluding ortho intramolecular Hbond substituents is 1. The predicted octanol–water partition coefficient (Wildman–Crippen LogP) is 2.54. The molecule has 0 fully saturated rings. The van der Waals surface area contributed by atoms with Crippen molar-refractivity contribution in [3.63, 3.8) is 0 Å². The van der Waals surface area contributed by atoms with Crippen molar-refractivity contribution >= 4 is 17.3 Å². The lowest BCUT2D eigenvalue weighted by Crippen LogP contribution is -2.13. The molecule has 4 N–H and O–H groups in total. The van der Waals surface area contributed by atoms with Crippen molar-refractivity contribution in [2.75, 3.05) is 11.1 Å². The van der Waals surface area contributed by atoms with Crippen LogP contribution < -0.4 is 11.1 Å². The Kier molecular flexibility index (Phi) is 3.19. The fraction of sp³-hybridized carbons (Fsp3) is 0.0714. The molecule has 2 rings (SSSR count). The number of amides is 1. The van der Waals surface area contributed by atoms with E-state index >= 15 is 0 Å². The third-order valence-electron chi connectivity index (χ3n) is 2.57. The second kappa shape index (κ2) is 4.79. The van der Waals surface area contributed by atoms with E-state index in [4.69, 9.17) is 5.73 Å². The SMILES string of the molecule is Cc1ccc(N)c(NC(=O)c2cccc(O)c2)c1. The van der Waals surface area contributed by atoms with Gasteiger partial charge in [-0.1, -0.05) is 12.1 Å². The summed E-state index contributed by atoms with van der Waals surface area (Å²) in [7, 11) is 0. The van der Waals surface area contributed by atoms with E-state index in [-0.39, 0.29) is 11.7 Å². The van der Waals surface area contributed by atoms with Crippen LogP contribution in [0.1, 0.15) is 15.9 Å². The second-order valence-corrected chi connectivity index (χ2v) is 4.10. The minimum Gasteiger partial charge on any atom is -0.508 e. The first-order valence-electron chi connectivity index (χ1n) is 5.53. The lowest BCUT2D eigenvalue weighted by molar-refractivity contribution is 0.102. The molecule has 0 aliphatic rings. The van der Waals surface area contributed by atoms with Crippen LogP contribution >= 0.6 is 0 Å². The Labute approximate surface area is 105 Å². The molecule has 92 valence electrons. The highest BCUT2D eigenvalue weighted by Gasteiger charge is 2.08. The third kappa shape index (κ3) is 2.60. The molecule has 18 heavy (non-hydrogen) atoms. The summed E-state index contributed by atoms with van der Waals surface area (Å²) in [5.74, 6) is -0.247. The van der Waals surface area contributed by atoms with Gasteiger partial charge in [0.25, 0.3) is 5.91 Å². The Morgan fingerprint density at radius 2 is 2.00 bits per heavy atom. The number of aromatic hydroxyl groups is 1. The van der Waals surface area contributed by atoms with Crippen LogP contribution in [0.25, 0.3) is 0 Å². The maximum Gasteiger partial charge on any atom is 0.255 e. The summed E-state index contributed by atoms with van der Waals surface area (Å²) in [6.07, 6.45) is 0. The molecule has 0 unspecified atom stereocenters. The van der Waals surface area contributed by atoms with Crippen molar-refractivity contribution in [1.29, 1.82) is 0 Å². The van der Waals surface area contributed by atoms with Gasteiger partial charge in [-0.15, -0.1) is 0 Å². The lowest BCUT2D eigenvalue weighted by Gasteiger charge is -2.09. The lowest BCUT2D eigenvalue weighted by atomic mass is 10.1. The highest BCUT2D eigenvalue weighted by molar-refractivity contribution is 6.05. The Morgan fingerprint density at radius 3 is 2.72 bits per heavy atom. The van der Waals surface area contributed by atoms with Crippen molar-refractivity contribution in [1.82, 2.24) is 0 Å². The van der Waals surface area contributed by atoms with Gasteiger partial charge in [-0.25, -0.2) is 0 Å². The van der Waals surface area contributed by atoms with E-state index in [0.717, 1.165) is 5.56 Å². The highest BCUT2D eigenvalue weighted by Crippen LogP contribution is 2.21. The number of rotatable bonds is 2. The molecule has 0 aliphatic heterocycles. The minimum absolute atomic E-state index is 0.0554. The predicted molar refractivity (Wildman–Crippen MR) is 71.7 cm³/mol. The molecule has 0 aromatic heterocycles. The monoisotopic (exact) mass is 242 g/mol. The van der Waals surface area contributed by atoms with Gasteiger partial charge in [0.05, 0.1) is 11.4 Å². The van der Waals surface area contributed by atoms with E-state index in [1.807, 2.05) is 13.0 Å². The number of anilines is 2. The number of benzene rings is 2. The first kappa shape index (κ1) is 12.0. The minimum atomic E-state index is -0.303. The molecule has 0 atom stereocenters. The summed E-state index contributed by atoms with van der Waals surface area (Å²) < 4.78 is 0. The largest absolute Gasteiger partial charge is 0.508 e. The molecule has 0 saturated carbocycles. The van der Waals surface area contributed by atoms with E-state index in [1.165, 1.54) is 12.1 Å². The number of aryl methyl sites for hydroxylation is 1. The Morgan fingerprint density at radius 1 is 1.22 bits per heavy atom. The number of carbonyl (C=O) groups excluding carboxylic acids is 1. The quantitative estimate of drug-likeness (QED) is 0.708. The summed E-state index contributed by atoms with van der Waals surface area (Å²) >= 11 is 0. The number of carbonyl (C=O) groups is 1. The van der Waals surface area contributed by atoms with Crippen molar-refractivity contribution in [3.8, 4) is 5.75 Å². The molecule has 1 amide bonds. The molecule has 4 nitrogen and oxygen atoms in total. The van der Waals surface area contributed by atoms with Crippen molar-refractivity contribution in [3.05, 3.63) is 53.6 Å². The number of nitrogens with one attached hydrogen (secondary N) is 1. The molecule has 2 aromatic rings. The van der Waals surface area contributed by atoms with Crippen LogP contribution in [0.2, 0.25) is 0 Å². The number of phenols is 1. The van der Waals surface area contributed by atoms with Crippen LogP contribution in [0.5, 0.6) is 5.75 Å². The standard InChI is InChI=1S/C14H14N2O2/c1-9-5-6-12(15)13(7-9)16-14(18)10-3-2-4-11(17)8-10/h2-8,17H,15H2,1H3,(H,16,18). The van der Waals surface area contributed by atoms with E-state index in [9.17, 15) is 9.90 Å². The summed E-state index contributed by atoms with van der Waals surface area (Å²) in [6, 6.07) is 11.6. The number of hydrogen-bond acceptors (Lipinski definition) is 3. The molecule has 2 aromatic carbocycles. The average Bonchev–Trinajstić information content (AvgIpc) is 2.34. The topological polar surface area (TPSA) is 75.3 Å². The zero-order valence-corrected chi connectivity index (χ0v) is 9.97. The summed E-state index contributed by atoms with van der Waals surface area (Å²) in [4.78, 5) is 12.0. The normalized spacial score (nSPS) is 10.1. The second-order valence-electron chi connectivity index (χ2n) is 4.10. The van der Waals surface area contributed by atoms with Crippen molar-refractivity contribution in [2.24, 2.45) is 0 Å². The van der Waals surface area contributed by atoms with Gasteiger partial charge in [-0.05, 0) is 42.8 Å². The molecule has 0 aliphatic carbocycles. The molecule has 4 heteroatoms. The average molecular weight is 242 g/mol. The highest BCUT2D eigenvalue weighted by atomic mass is 16.3. The van der Waals surface area contributed by atoms with Crippen LogP contribution in [-0.4, -0.2) is 11.0 Å². The van der Waals surface area contributed by atoms with Gasteiger partial charge in [0.2, 0.25) is 0 Å². The van der Waals surface area contributed by atoms with E-state index in [0.29, 0.717) is 16.9 Å². The van der Waals surface area contributed by atoms with Crippen molar-refractivity contribution < 1.29 is 9.90 Å². The van der Waals surface area contributed by atoms with E-state index < -0.39 is 0 Å². The maximum absolute atomic E-state index is 12.0. The van der Waals surface area contributed by atoms with Gasteiger partial charge in [-0.2, -0.15) is 0 Å². The fourth-order valence-electron chi connectivity index (χ4n) is 1.62. The van der Waals surface area contributed by atoms with Gasteiger partial charge in [0.1, 0.15) is 5.75 Å². The van der Waals surface area contributed by atoms with Crippen LogP contribution in [-0.2, 0) is 0 Å². The third-order valence-corrected chi connectivity index (χ3v) is 2.57. The maximum atomic E-state index is 12.0. The number of nitrogens with two attached hydrogens (primary N) is 1. The van der Waals surface area contributed by atoms with Gasteiger partial charge in [0, 0.05) is 5.56 Å². The summed E-state index contributed by atoms with van der Waals surface area (Å²) in [5, 5.41) is 12.0. The van der Waals surface area contributed by atoms with Crippen molar-refractivity contribution in [2.45, 2.75) is 6.92 Å². The fourth-order valence-corrected chi connectivity index (χ4v) is 1.62. The smallest absolute Gasteiger partial charge is 0.255 e. The Hall–Kier alpha value is -2.49. The van der Waals surface area contributed by atoms with Gasteiger partial charge >= 0.3 is 0 Å². The van der Waals surface area contributed by atoms with Crippen LogP contribution in [0, 0.1) is 6.92 Å². The summed E-state index contributed by atoms with van der Waals surface area (Å²) in [6.45, 7) is 1.92. The van der Waals surface area contributed by atoms with Crippen LogP contribution in [0.3, 0.4) is 0 Å². The zero-order valence-electron chi connectivity index (χ0n) is 9.97. The molecular formula is C14H14N2O2. The molecule has 0 saturated heterocycles. The first-order valence-corrected chi connectivity index (χ1v) is 5.53. The Bertz CT molecular complexity index is 594. The first-order chi connectivity index (χ1) is 8.56. The molecule has 0 spiro atoms. The van der Waals surface area contributed by atoms with Crippen LogP contribution in [0.4, 0.5) is 11.4 Å². The zero-order chi connectivity index (χ0) is 13.1. The molecular weight excluding hydrogens is 228 g/mol. The molecule has 0 radical (unpaired) electrons. The Balaban J connectivity index is 2.24. The van der Waals surface area contributed by atoms with Crippen LogP contribution in [0.15, 0.2) is 42.5 Å².